The van der Waals surface area contributed by atoms with E-state index in [-0.39, 0.29) is 0 Å². The van der Waals surface area contributed by atoms with E-state index in [0.717, 1.165) is 12.5 Å². The zero-order valence-electron chi connectivity index (χ0n) is 12.1. The molecule has 1 heterocycles. The maximum atomic E-state index is 3.76. The first-order valence-electron chi connectivity index (χ1n) is 7.73. The van der Waals surface area contributed by atoms with Crippen LogP contribution in [0.25, 0.3) is 0 Å². The van der Waals surface area contributed by atoms with Crippen molar-refractivity contribution < 1.29 is 0 Å². The van der Waals surface area contributed by atoms with Gasteiger partial charge in [0, 0.05) is 6.04 Å². The highest BCUT2D eigenvalue weighted by Crippen LogP contribution is 2.27. The van der Waals surface area contributed by atoms with Gasteiger partial charge in [0.25, 0.3) is 0 Å². The predicted octanol–water partition coefficient (Wildman–Crippen LogP) is 4.13. The fraction of sp³-hybridized carbons (Fsp3) is 0.647. The second-order valence-electron chi connectivity index (χ2n) is 5.63. The average molecular weight is 277 g/mol. The van der Waals surface area contributed by atoms with Crippen molar-refractivity contribution in [3.05, 3.63) is 35.9 Å². The Morgan fingerprint density at radius 2 is 1.95 bits per heavy atom. The molecule has 0 saturated carbocycles. The fourth-order valence-electron chi connectivity index (χ4n) is 2.87. The molecule has 1 aromatic rings. The van der Waals surface area contributed by atoms with E-state index in [1.165, 1.54) is 49.2 Å². The summed E-state index contributed by atoms with van der Waals surface area (Å²) in [5, 5.41) is 3.76. The van der Waals surface area contributed by atoms with Crippen molar-refractivity contribution in [2.75, 3.05) is 18.1 Å². The summed E-state index contributed by atoms with van der Waals surface area (Å²) in [7, 11) is 0. The second-order valence-corrected chi connectivity index (χ2v) is 6.86. The minimum absolute atomic E-state index is 0.662. The van der Waals surface area contributed by atoms with Gasteiger partial charge < -0.3 is 5.32 Å². The third-order valence-corrected chi connectivity index (χ3v) is 5.02. The molecule has 2 heteroatoms. The molecule has 106 valence electrons. The zero-order chi connectivity index (χ0) is 13.3. The van der Waals surface area contributed by atoms with Crippen molar-refractivity contribution in [3.8, 4) is 0 Å². The number of benzene rings is 1. The van der Waals surface area contributed by atoms with Crippen molar-refractivity contribution in [2.45, 2.75) is 45.1 Å². The summed E-state index contributed by atoms with van der Waals surface area (Å²) in [6, 6.07) is 11.6. The molecular weight excluding hydrogens is 250 g/mol. The van der Waals surface area contributed by atoms with Crippen LogP contribution >= 0.6 is 11.8 Å². The zero-order valence-corrected chi connectivity index (χ0v) is 12.9. The monoisotopic (exact) mass is 277 g/mol. The minimum atomic E-state index is 0.662. The van der Waals surface area contributed by atoms with Gasteiger partial charge in [-0.15, -0.1) is 0 Å². The van der Waals surface area contributed by atoms with Crippen LogP contribution in [0.15, 0.2) is 30.3 Å². The Kier molecular flexibility index (Phi) is 6.80. The summed E-state index contributed by atoms with van der Waals surface area (Å²) in [6.45, 7) is 3.41. The van der Waals surface area contributed by atoms with Crippen molar-refractivity contribution in [1.82, 2.24) is 5.32 Å². The van der Waals surface area contributed by atoms with Crippen LogP contribution < -0.4 is 5.32 Å². The quantitative estimate of drug-likeness (QED) is 0.804. The van der Waals surface area contributed by atoms with Crippen LogP contribution in [-0.2, 0) is 6.42 Å². The van der Waals surface area contributed by atoms with E-state index in [1.54, 1.807) is 0 Å². The van der Waals surface area contributed by atoms with Gasteiger partial charge in [-0.3, -0.25) is 0 Å². The van der Waals surface area contributed by atoms with Crippen LogP contribution in [0.2, 0.25) is 0 Å². The van der Waals surface area contributed by atoms with Crippen molar-refractivity contribution in [2.24, 2.45) is 5.92 Å². The molecule has 1 aliphatic rings. The van der Waals surface area contributed by atoms with Crippen LogP contribution in [0.3, 0.4) is 0 Å². The molecule has 0 radical (unpaired) electrons. The molecule has 1 N–H and O–H groups in total. The van der Waals surface area contributed by atoms with Gasteiger partial charge >= 0.3 is 0 Å². The lowest BCUT2D eigenvalue weighted by atomic mass is 9.91. The van der Waals surface area contributed by atoms with E-state index in [0.29, 0.717) is 6.04 Å². The van der Waals surface area contributed by atoms with E-state index >= 15 is 0 Å². The highest BCUT2D eigenvalue weighted by molar-refractivity contribution is 7.99. The largest absolute Gasteiger partial charge is 0.314 e. The van der Waals surface area contributed by atoms with Crippen molar-refractivity contribution in [3.63, 3.8) is 0 Å². The Hall–Kier alpha value is -0.470. The Morgan fingerprint density at radius 3 is 2.63 bits per heavy atom. The molecule has 1 atom stereocenters. The molecule has 0 aromatic heterocycles. The molecule has 0 amide bonds. The summed E-state index contributed by atoms with van der Waals surface area (Å²) in [6.07, 6.45) is 6.61. The molecule has 1 fully saturated rings. The lowest BCUT2D eigenvalue weighted by Crippen LogP contribution is -2.34. The lowest BCUT2D eigenvalue weighted by molar-refractivity contribution is 0.362. The molecule has 1 unspecified atom stereocenters. The Labute approximate surface area is 122 Å². The molecular formula is C17H27NS. The maximum Gasteiger partial charge on any atom is 0.0110 e. The van der Waals surface area contributed by atoms with Gasteiger partial charge in [0.15, 0.2) is 0 Å². The number of thioether (sulfide) groups is 1. The first kappa shape index (κ1) is 14.9. The topological polar surface area (TPSA) is 12.0 Å². The van der Waals surface area contributed by atoms with Gasteiger partial charge in [-0.05, 0) is 61.6 Å². The second kappa shape index (κ2) is 8.65. The summed E-state index contributed by atoms with van der Waals surface area (Å²) in [5.41, 5.74) is 1.47. The van der Waals surface area contributed by atoms with E-state index in [9.17, 15) is 0 Å². The fourth-order valence-corrected chi connectivity index (χ4v) is 4.07. The molecule has 1 nitrogen and oxygen atoms in total. The number of rotatable bonds is 7. The standard InChI is InChI=1S/C17H27NS/c1-2-10-18-17(13-15-6-4-3-5-7-15)14-16-8-11-19-12-9-16/h3-7,16-18H,2,8-14H2,1H3. The average Bonchev–Trinajstić information content (AvgIpc) is 2.47. The third kappa shape index (κ3) is 5.58. The third-order valence-electron chi connectivity index (χ3n) is 3.97. The first-order chi connectivity index (χ1) is 9.38. The SMILES string of the molecule is CCCNC(Cc1ccccc1)CC1CCSCC1. The molecule has 19 heavy (non-hydrogen) atoms. The van der Waals surface area contributed by atoms with E-state index in [1.807, 2.05) is 0 Å². The van der Waals surface area contributed by atoms with Crippen LogP contribution in [0.1, 0.15) is 38.2 Å². The Balaban J connectivity index is 1.87. The smallest absolute Gasteiger partial charge is 0.0110 e. The lowest BCUT2D eigenvalue weighted by Gasteiger charge is -2.27. The van der Waals surface area contributed by atoms with E-state index in [4.69, 9.17) is 0 Å². The van der Waals surface area contributed by atoms with Gasteiger partial charge in [0.2, 0.25) is 0 Å². The molecule has 1 aliphatic heterocycles. The summed E-state index contributed by atoms with van der Waals surface area (Å²) >= 11 is 2.13. The number of nitrogens with one attached hydrogen (secondary N) is 1. The first-order valence-corrected chi connectivity index (χ1v) is 8.89. The van der Waals surface area contributed by atoms with E-state index in [2.05, 4.69) is 54.3 Å². The maximum absolute atomic E-state index is 3.76. The van der Waals surface area contributed by atoms with Crippen LogP contribution in [-0.4, -0.2) is 24.1 Å². The van der Waals surface area contributed by atoms with Gasteiger partial charge in [0.1, 0.15) is 0 Å². The molecule has 1 saturated heterocycles. The normalized spacial score (nSPS) is 18.4. The van der Waals surface area contributed by atoms with E-state index < -0.39 is 0 Å². The van der Waals surface area contributed by atoms with Crippen molar-refractivity contribution in [1.29, 1.82) is 0 Å². The molecule has 0 bridgehead atoms. The minimum Gasteiger partial charge on any atom is -0.314 e. The van der Waals surface area contributed by atoms with Gasteiger partial charge in [-0.25, -0.2) is 0 Å². The Bertz CT molecular complexity index is 332. The highest BCUT2D eigenvalue weighted by atomic mass is 32.2. The summed E-state index contributed by atoms with van der Waals surface area (Å²) in [5.74, 6) is 3.69. The molecule has 0 aliphatic carbocycles. The highest BCUT2D eigenvalue weighted by Gasteiger charge is 2.19. The van der Waals surface area contributed by atoms with Gasteiger partial charge in [0.05, 0.1) is 0 Å². The molecule has 2 rings (SSSR count). The Morgan fingerprint density at radius 1 is 1.21 bits per heavy atom. The van der Waals surface area contributed by atoms with Crippen molar-refractivity contribution >= 4 is 11.8 Å². The summed E-state index contributed by atoms with van der Waals surface area (Å²) in [4.78, 5) is 0. The van der Waals surface area contributed by atoms with Crippen LogP contribution in [0.5, 0.6) is 0 Å². The van der Waals surface area contributed by atoms with Gasteiger partial charge in [-0.2, -0.15) is 11.8 Å². The summed E-state index contributed by atoms with van der Waals surface area (Å²) < 4.78 is 0. The molecule has 1 aromatic carbocycles. The van der Waals surface area contributed by atoms with Crippen LogP contribution in [0.4, 0.5) is 0 Å². The predicted molar refractivity (Wildman–Crippen MR) is 86.9 cm³/mol. The van der Waals surface area contributed by atoms with Crippen LogP contribution in [0, 0.1) is 5.92 Å². The number of hydrogen-bond donors (Lipinski definition) is 1. The molecule has 0 spiro atoms. The number of hydrogen-bond acceptors (Lipinski definition) is 2. The van der Waals surface area contributed by atoms with Gasteiger partial charge in [-0.1, -0.05) is 37.3 Å².